The van der Waals surface area contributed by atoms with Crippen molar-refractivity contribution in [1.82, 2.24) is 4.90 Å². The maximum absolute atomic E-state index is 12.3. The van der Waals surface area contributed by atoms with Gasteiger partial charge in [0.25, 0.3) is 5.91 Å². The monoisotopic (exact) mass is 317 g/mol. The molecular formula is C13H17BrClNO. The van der Waals surface area contributed by atoms with Gasteiger partial charge in [0.1, 0.15) is 0 Å². The first-order valence-corrected chi connectivity index (χ1v) is 6.90. The third-order valence-corrected chi connectivity index (χ3v) is 4.84. The van der Waals surface area contributed by atoms with Crippen LogP contribution >= 0.6 is 27.5 Å². The maximum Gasteiger partial charge on any atom is 0.255 e. The highest BCUT2D eigenvalue weighted by atomic mass is 79.9. The first kappa shape index (κ1) is 14.5. The summed E-state index contributed by atoms with van der Waals surface area (Å²) >= 11 is 9.58. The van der Waals surface area contributed by atoms with E-state index in [-0.39, 0.29) is 11.4 Å². The molecule has 0 aliphatic carbocycles. The molecule has 1 aromatic carbocycles. The second-order valence-corrected chi connectivity index (χ2v) is 5.69. The Kier molecular flexibility index (Phi) is 4.62. The average Bonchev–Trinajstić information content (AvgIpc) is 2.30. The second kappa shape index (κ2) is 5.40. The lowest BCUT2D eigenvalue weighted by Crippen LogP contribution is -2.46. The number of benzene rings is 1. The minimum absolute atomic E-state index is 0.0526. The molecule has 94 valence electrons. The molecule has 0 saturated heterocycles. The minimum atomic E-state index is -0.246. The van der Waals surface area contributed by atoms with E-state index in [1.54, 1.807) is 18.0 Å². The highest BCUT2D eigenvalue weighted by Crippen LogP contribution is 2.24. The fourth-order valence-corrected chi connectivity index (χ4v) is 1.94. The molecule has 0 aliphatic rings. The van der Waals surface area contributed by atoms with E-state index in [1.165, 1.54) is 0 Å². The van der Waals surface area contributed by atoms with Crippen LogP contribution in [0.25, 0.3) is 0 Å². The van der Waals surface area contributed by atoms with Crippen LogP contribution in [0.5, 0.6) is 0 Å². The van der Waals surface area contributed by atoms with Gasteiger partial charge in [-0.05, 0) is 32.4 Å². The van der Waals surface area contributed by atoms with Crippen molar-refractivity contribution in [3.63, 3.8) is 0 Å². The van der Waals surface area contributed by atoms with Crippen molar-refractivity contribution in [3.8, 4) is 0 Å². The molecule has 2 nitrogen and oxygen atoms in total. The van der Waals surface area contributed by atoms with Gasteiger partial charge in [0, 0.05) is 17.9 Å². The van der Waals surface area contributed by atoms with Crippen LogP contribution in [0.15, 0.2) is 18.2 Å². The topological polar surface area (TPSA) is 20.3 Å². The van der Waals surface area contributed by atoms with Crippen LogP contribution in [-0.4, -0.2) is 28.7 Å². The Morgan fingerprint density at radius 3 is 2.59 bits per heavy atom. The maximum atomic E-state index is 12.3. The number of rotatable bonds is 3. The fourth-order valence-electron chi connectivity index (χ4n) is 1.36. The first-order valence-electron chi connectivity index (χ1n) is 5.40. The Bertz CT molecular complexity index is 431. The molecule has 0 bridgehead atoms. The van der Waals surface area contributed by atoms with Crippen LogP contribution in [0.3, 0.4) is 0 Å². The molecule has 0 unspecified atom stereocenters. The number of amides is 1. The molecule has 0 spiro atoms. The van der Waals surface area contributed by atoms with E-state index in [1.807, 2.05) is 32.9 Å². The van der Waals surface area contributed by atoms with Crippen molar-refractivity contribution in [3.05, 3.63) is 34.3 Å². The molecule has 0 aromatic heterocycles. The predicted molar refractivity (Wildman–Crippen MR) is 76.2 cm³/mol. The summed E-state index contributed by atoms with van der Waals surface area (Å²) in [5.41, 5.74) is 1.23. The van der Waals surface area contributed by atoms with Crippen molar-refractivity contribution in [2.75, 3.05) is 12.4 Å². The molecule has 1 amide bonds. The van der Waals surface area contributed by atoms with E-state index < -0.39 is 0 Å². The Morgan fingerprint density at radius 1 is 1.47 bits per heavy atom. The molecule has 0 saturated carbocycles. The molecule has 0 fully saturated rings. The number of aryl methyl sites for hydroxylation is 1. The zero-order valence-electron chi connectivity index (χ0n) is 10.6. The van der Waals surface area contributed by atoms with Gasteiger partial charge in [0.15, 0.2) is 0 Å². The second-order valence-electron chi connectivity index (χ2n) is 4.75. The minimum Gasteiger partial charge on any atom is -0.336 e. The van der Waals surface area contributed by atoms with Crippen LogP contribution in [0.2, 0.25) is 5.02 Å². The summed E-state index contributed by atoms with van der Waals surface area (Å²) in [6.07, 6.45) is 0. The number of nitrogens with zero attached hydrogens (tertiary/aromatic N) is 1. The summed E-state index contributed by atoms with van der Waals surface area (Å²) in [4.78, 5) is 14.1. The molecule has 1 rings (SSSR count). The smallest absolute Gasteiger partial charge is 0.255 e. The highest BCUT2D eigenvalue weighted by molar-refractivity contribution is 9.09. The molecule has 0 aliphatic heterocycles. The summed E-state index contributed by atoms with van der Waals surface area (Å²) in [5, 5.41) is 1.25. The summed E-state index contributed by atoms with van der Waals surface area (Å²) < 4.78 is 0. The number of hydrogen-bond donors (Lipinski definition) is 0. The fraction of sp³-hybridized carbons (Fsp3) is 0.462. The van der Waals surface area contributed by atoms with E-state index >= 15 is 0 Å². The Hall–Kier alpha value is -0.540. The normalized spacial score (nSPS) is 11.4. The quantitative estimate of drug-likeness (QED) is 0.774. The van der Waals surface area contributed by atoms with Crippen LogP contribution in [-0.2, 0) is 0 Å². The van der Waals surface area contributed by atoms with E-state index in [4.69, 9.17) is 11.6 Å². The van der Waals surface area contributed by atoms with Gasteiger partial charge in [-0.15, -0.1) is 0 Å². The summed E-state index contributed by atoms with van der Waals surface area (Å²) in [7, 11) is 1.79. The van der Waals surface area contributed by atoms with Crippen LogP contribution < -0.4 is 0 Å². The molecule has 17 heavy (non-hydrogen) atoms. The van der Waals surface area contributed by atoms with E-state index in [9.17, 15) is 4.79 Å². The molecule has 4 heteroatoms. The molecule has 0 atom stereocenters. The van der Waals surface area contributed by atoms with Gasteiger partial charge >= 0.3 is 0 Å². The van der Waals surface area contributed by atoms with Crippen molar-refractivity contribution in [2.45, 2.75) is 26.3 Å². The SMILES string of the molecule is Cc1cccc(C(=O)N(C)C(C)(C)CBr)c1Cl. The molecule has 0 radical (unpaired) electrons. The van der Waals surface area contributed by atoms with Gasteiger partial charge in [-0.25, -0.2) is 0 Å². The van der Waals surface area contributed by atoms with Gasteiger partial charge < -0.3 is 4.90 Å². The third kappa shape index (κ3) is 3.02. The third-order valence-electron chi connectivity index (χ3n) is 2.96. The summed E-state index contributed by atoms with van der Waals surface area (Å²) in [5.74, 6) is -0.0526. The van der Waals surface area contributed by atoms with Crippen LogP contribution in [0.1, 0.15) is 29.8 Å². The van der Waals surface area contributed by atoms with Gasteiger partial charge in [0.2, 0.25) is 0 Å². The molecular weight excluding hydrogens is 302 g/mol. The summed E-state index contributed by atoms with van der Waals surface area (Å²) in [6, 6.07) is 5.51. The van der Waals surface area contributed by atoms with E-state index in [2.05, 4.69) is 15.9 Å². The van der Waals surface area contributed by atoms with Gasteiger partial charge in [-0.1, -0.05) is 39.7 Å². The number of alkyl halides is 1. The van der Waals surface area contributed by atoms with Crippen molar-refractivity contribution < 1.29 is 4.79 Å². The highest BCUT2D eigenvalue weighted by Gasteiger charge is 2.28. The standard InChI is InChI=1S/C13H17BrClNO/c1-9-6-5-7-10(11(9)15)12(17)16(4)13(2,3)8-14/h5-7H,8H2,1-4H3. The largest absolute Gasteiger partial charge is 0.336 e. The zero-order chi connectivity index (χ0) is 13.2. The van der Waals surface area contributed by atoms with Crippen molar-refractivity contribution in [2.24, 2.45) is 0 Å². The van der Waals surface area contributed by atoms with Crippen molar-refractivity contribution >= 4 is 33.4 Å². The molecule has 1 aromatic rings. The van der Waals surface area contributed by atoms with Crippen LogP contribution in [0.4, 0.5) is 0 Å². The first-order chi connectivity index (χ1) is 7.81. The number of hydrogen-bond acceptors (Lipinski definition) is 1. The number of carbonyl (C=O) groups is 1. The number of carbonyl (C=O) groups excluding carboxylic acids is 1. The number of halogens is 2. The Labute approximate surface area is 116 Å². The van der Waals surface area contributed by atoms with Crippen LogP contribution in [0, 0.1) is 6.92 Å². The molecule has 0 heterocycles. The summed E-state index contributed by atoms with van der Waals surface area (Å²) in [6.45, 7) is 5.90. The molecule has 0 N–H and O–H groups in total. The van der Waals surface area contributed by atoms with Crippen molar-refractivity contribution in [1.29, 1.82) is 0 Å². The van der Waals surface area contributed by atoms with E-state index in [0.29, 0.717) is 15.9 Å². The van der Waals surface area contributed by atoms with Gasteiger partial charge in [-0.2, -0.15) is 0 Å². The van der Waals surface area contributed by atoms with Gasteiger partial charge in [0.05, 0.1) is 10.6 Å². The average molecular weight is 319 g/mol. The Balaban J connectivity index is 3.09. The predicted octanol–water partition coefficient (Wildman–Crippen LogP) is 3.89. The lowest BCUT2D eigenvalue weighted by molar-refractivity contribution is 0.0663. The van der Waals surface area contributed by atoms with E-state index in [0.717, 1.165) is 5.56 Å². The lowest BCUT2D eigenvalue weighted by Gasteiger charge is -2.34. The lowest BCUT2D eigenvalue weighted by atomic mass is 10.0. The van der Waals surface area contributed by atoms with Gasteiger partial charge in [-0.3, -0.25) is 4.79 Å². The Morgan fingerprint density at radius 2 is 2.06 bits per heavy atom. The zero-order valence-corrected chi connectivity index (χ0v) is 12.9.